The Bertz CT molecular complexity index is 431. The molecular formula is C15H22F2N2O. The average molecular weight is 284 g/mol. The van der Waals surface area contributed by atoms with Crippen LogP contribution in [-0.2, 0) is 4.79 Å². The normalized spacial score (nSPS) is 13.8. The molecule has 2 atom stereocenters. The van der Waals surface area contributed by atoms with Gasteiger partial charge in [-0.2, -0.15) is 0 Å². The van der Waals surface area contributed by atoms with Crippen molar-refractivity contribution >= 4 is 5.91 Å². The van der Waals surface area contributed by atoms with E-state index in [0.717, 1.165) is 12.8 Å². The third-order valence-corrected chi connectivity index (χ3v) is 3.33. The molecule has 0 heterocycles. The highest BCUT2D eigenvalue weighted by atomic mass is 19.1. The molecule has 1 aromatic rings. The molecule has 0 aromatic heterocycles. The number of nitrogens with one attached hydrogen (secondary N) is 1. The molecule has 3 nitrogen and oxygen atoms in total. The van der Waals surface area contributed by atoms with E-state index in [0.29, 0.717) is 18.9 Å². The second-order valence-electron chi connectivity index (χ2n) is 5.15. The largest absolute Gasteiger partial charge is 0.349 e. The van der Waals surface area contributed by atoms with E-state index >= 15 is 0 Å². The van der Waals surface area contributed by atoms with Crippen molar-refractivity contribution in [2.45, 2.75) is 39.2 Å². The summed E-state index contributed by atoms with van der Waals surface area (Å²) in [4.78, 5) is 11.8. The second-order valence-corrected chi connectivity index (χ2v) is 5.15. The third kappa shape index (κ3) is 4.89. The van der Waals surface area contributed by atoms with Crippen LogP contribution in [0, 0.1) is 17.6 Å². The fourth-order valence-electron chi connectivity index (χ4n) is 2.12. The van der Waals surface area contributed by atoms with Crippen LogP contribution in [0.5, 0.6) is 0 Å². The average Bonchev–Trinajstić information content (AvgIpc) is 2.36. The van der Waals surface area contributed by atoms with E-state index in [-0.39, 0.29) is 11.5 Å². The Labute approximate surface area is 118 Å². The predicted molar refractivity (Wildman–Crippen MR) is 75.0 cm³/mol. The first-order valence-electron chi connectivity index (χ1n) is 6.89. The lowest BCUT2D eigenvalue weighted by atomic mass is 10.0. The number of hydrogen-bond donors (Lipinski definition) is 2. The number of carbonyl (C=O) groups is 1. The fourth-order valence-corrected chi connectivity index (χ4v) is 2.12. The van der Waals surface area contributed by atoms with Gasteiger partial charge >= 0.3 is 0 Å². The van der Waals surface area contributed by atoms with Gasteiger partial charge in [-0.1, -0.05) is 13.0 Å². The summed E-state index contributed by atoms with van der Waals surface area (Å²) in [7, 11) is 0. The maximum atomic E-state index is 13.6. The molecule has 0 spiro atoms. The summed E-state index contributed by atoms with van der Waals surface area (Å²) in [6, 6.07) is 2.99. The molecule has 2 unspecified atom stereocenters. The quantitative estimate of drug-likeness (QED) is 0.809. The predicted octanol–water partition coefficient (Wildman–Crippen LogP) is 2.91. The van der Waals surface area contributed by atoms with E-state index in [9.17, 15) is 13.6 Å². The Kier molecular flexibility index (Phi) is 6.58. The van der Waals surface area contributed by atoms with Gasteiger partial charge in [0.2, 0.25) is 5.91 Å². The molecule has 0 aliphatic carbocycles. The Morgan fingerprint density at radius 3 is 2.40 bits per heavy atom. The molecule has 112 valence electrons. The lowest BCUT2D eigenvalue weighted by Gasteiger charge is -2.16. The summed E-state index contributed by atoms with van der Waals surface area (Å²) in [5.74, 6) is -1.13. The maximum Gasteiger partial charge on any atom is 0.220 e. The molecule has 0 radical (unpaired) electrons. The van der Waals surface area contributed by atoms with Gasteiger partial charge in [-0.15, -0.1) is 0 Å². The Hall–Kier alpha value is -1.49. The summed E-state index contributed by atoms with van der Waals surface area (Å²) in [5.41, 5.74) is 5.34. The molecule has 20 heavy (non-hydrogen) atoms. The van der Waals surface area contributed by atoms with Crippen molar-refractivity contribution in [3.8, 4) is 0 Å². The number of halogens is 2. The van der Waals surface area contributed by atoms with Crippen LogP contribution in [0.4, 0.5) is 8.78 Å². The molecule has 1 rings (SSSR count). The number of benzene rings is 1. The maximum absolute atomic E-state index is 13.6. The number of rotatable bonds is 7. The van der Waals surface area contributed by atoms with Gasteiger partial charge in [0.15, 0.2) is 0 Å². The van der Waals surface area contributed by atoms with Gasteiger partial charge in [0.25, 0.3) is 0 Å². The zero-order valence-corrected chi connectivity index (χ0v) is 12.0. The molecule has 0 saturated heterocycles. The van der Waals surface area contributed by atoms with Gasteiger partial charge in [0.05, 0.1) is 6.04 Å². The van der Waals surface area contributed by atoms with Crippen molar-refractivity contribution in [1.82, 2.24) is 5.32 Å². The fraction of sp³-hybridized carbons (Fsp3) is 0.533. The summed E-state index contributed by atoms with van der Waals surface area (Å²) in [6.45, 7) is 4.20. The van der Waals surface area contributed by atoms with Crippen LogP contribution in [0.15, 0.2) is 18.2 Å². The lowest BCUT2D eigenvalue weighted by molar-refractivity contribution is -0.122. The first-order valence-corrected chi connectivity index (χ1v) is 6.89. The monoisotopic (exact) mass is 284 g/mol. The third-order valence-electron chi connectivity index (χ3n) is 3.33. The Morgan fingerprint density at radius 1 is 1.25 bits per heavy atom. The molecular weight excluding hydrogens is 262 g/mol. The lowest BCUT2D eigenvalue weighted by Crippen LogP contribution is -2.28. The van der Waals surface area contributed by atoms with Gasteiger partial charge < -0.3 is 11.1 Å². The first-order chi connectivity index (χ1) is 9.45. The second kappa shape index (κ2) is 7.94. The topological polar surface area (TPSA) is 55.1 Å². The molecule has 3 N–H and O–H groups in total. The molecule has 5 heteroatoms. The van der Waals surface area contributed by atoms with Gasteiger partial charge in [-0.3, -0.25) is 4.79 Å². The van der Waals surface area contributed by atoms with Gasteiger partial charge in [-0.05, 0) is 44.4 Å². The number of nitrogens with two attached hydrogens (primary N) is 1. The molecule has 0 aliphatic rings. The summed E-state index contributed by atoms with van der Waals surface area (Å²) in [6.07, 6.45) is 1.92. The molecule has 1 amide bonds. The Balaban J connectivity index is 2.53. The van der Waals surface area contributed by atoms with E-state index in [1.807, 2.05) is 6.92 Å². The van der Waals surface area contributed by atoms with Gasteiger partial charge in [0, 0.05) is 12.0 Å². The highest BCUT2D eigenvalue weighted by Gasteiger charge is 2.18. The summed E-state index contributed by atoms with van der Waals surface area (Å²) in [5, 5.41) is 2.63. The molecule has 1 aromatic carbocycles. The van der Waals surface area contributed by atoms with Crippen molar-refractivity contribution < 1.29 is 13.6 Å². The minimum atomic E-state index is -0.687. The van der Waals surface area contributed by atoms with Gasteiger partial charge in [-0.25, -0.2) is 8.78 Å². The SMILES string of the molecule is CC(CCN)CCC(=O)NC(C)c1c(F)cccc1F. The first kappa shape index (κ1) is 16.6. The minimum absolute atomic E-state index is 0.101. The van der Waals surface area contributed by atoms with Crippen molar-refractivity contribution in [3.05, 3.63) is 35.4 Å². The van der Waals surface area contributed by atoms with E-state index in [1.165, 1.54) is 18.2 Å². The summed E-state index contributed by atoms with van der Waals surface area (Å²) < 4.78 is 27.1. The van der Waals surface area contributed by atoms with E-state index in [1.54, 1.807) is 6.92 Å². The molecule has 0 aliphatic heterocycles. The van der Waals surface area contributed by atoms with Crippen LogP contribution in [0.3, 0.4) is 0 Å². The molecule has 0 bridgehead atoms. The standard InChI is InChI=1S/C15H22F2N2O/c1-10(8-9-18)6-7-14(20)19-11(2)15-12(16)4-3-5-13(15)17/h3-5,10-11H,6-9,18H2,1-2H3,(H,19,20). The van der Waals surface area contributed by atoms with E-state index < -0.39 is 17.7 Å². The van der Waals surface area contributed by atoms with Crippen molar-refractivity contribution in [2.75, 3.05) is 6.54 Å². The van der Waals surface area contributed by atoms with Crippen LogP contribution < -0.4 is 11.1 Å². The zero-order valence-electron chi connectivity index (χ0n) is 12.0. The summed E-state index contributed by atoms with van der Waals surface area (Å²) >= 11 is 0. The van der Waals surface area contributed by atoms with E-state index in [2.05, 4.69) is 5.32 Å². The zero-order chi connectivity index (χ0) is 15.1. The minimum Gasteiger partial charge on any atom is -0.349 e. The van der Waals surface area contributed by atoms with Crippen molar-refractivity contribution in [2.24, 2.45) is 11.7 Å². The van der Waals surface area contributed by atoms with Crippen molar-refractivity contribution in [1.29, 1.82) is 0 Å². The van der Waals surface area contributed by atoms with Crippen LogP contribution in [-0.4, -0.2) is 12.5 Å². The number of amides is 1. The van der Waals surface area contributed by atoms with E-state index in [4.69, 9.17) is 5.73 Å². The molecule has 0 fully saturated rings. The van der Waals surface area contributed by atoms with Crippen molar-refractivity contribution in [3.63, 3.8) is 0 Å². The van der Waals surface area contributed by atoms with Crippen LogP contribution in [0.25, 0.3) is 0 Å². The number of hydrogen-bond acceptors (Lipinski definition) is 2. The highest BCUT2D eigenvalue weighted by Crippen LogP contribution is 2.20. The Morgan fingerprint density at radius 2 is 1.85 bits per heavy atom. The number of carbonyl (C=O) groups excluding carboxylic acids is 1. The van der Waals surface area contributed by atoms with Gasteiger partial charge in [0.1, 0.15) is 11.6 Å². The highest BCUT2D eigenvalue weighted by molar-refractivity contribution is 5.76. The van der Waals surface area contributed by atoms with Crippen LogP contribution >= 0.6 is 0 Å². The smallest absolute Gasteiger partial charge is 0.220 e. The van der Waals surface area contributed by atoms with Crippen LogP contribution in [0.1, 0.15) is 44.7 Å². The molecule has 0 saturated carbocycles. The van der Waals surface area contributed by atoms with Crippen LogP contribution in [0.2, 0.25) is 0 Å².